The topological polar surface area (TPSA) is 54.3 Å². The van der Waals surface area contributed by atoms with Gasteiger partial charge < -0.3 is 14.8 Å². The van der Waals surface area contributed by atoms with Crippen LogP contribution in [-0.2, 0) is 7.05 Å². The fraction of sp³-hybridized carbons (Fsp3) is 0.538. The predicted octanol–water partition coefficient (Wildman–Crippen LogP) is 0.455. The standard InChI is InChI=1S/C13H21N3O2/c1-10(2)15(3)8-6-14-13(18)11-5-7-16(4)12(17)9-11/h5,7,9-10H,6,8H2,1-4H3,(H,14,18). The predicted molar refractivity (Wildman–Crippen MR) is 71.8 cm³/mol. The smallest absolute Gasteiger partial charge is 0.251 e. The molecule has 0 aliphatic heterocycles. The van der Waals surface area contributed by atoms with Gasteiger partial charge in [0, 0.05) is 44.0 Å². The van der Waals surface area contributed by atoms with E-state index in [0.717, 1.165) is 6.54 Å². The van der Waals surface area contributed by atoms with Crippen LogP contribution in [0, 0.1) is 0 Å². The SMILES string of the molecule is CC(C)N(C)CCNC(=O)c1ccn(C)c(=O)c1. The number of nitrogens with one attached hydrogen (secondary N) is 1. The molecule has 1 aromatic heterocycles. The summed E-state index contributed by atoms with van der Waals surface area (Å²) in [7, 11) is 3.66. The molecule has 1 heterocycles. The molecule has 5 heteroatoms. The number of carbonyl (C=O) groups is 1. The fourth-order valence-corrected chi connectivity index (χ4v) is 1.40. The number of hydrogen-bond acceptors (Lipinski definition) is 3. The first-order valence-electron chi connectivity index (χ1n) is 6.07. The molecule has 18 heavy (non-hydrogen) atoms. The number of hydrogen-bond donors (Lipinski definition) is 1. The average molecular weight is 251 g/mol. The third-order valence-corrected chi connectivity index (χ3v) is 3.00. The van der Waals surface area contributed by atoms with Crippen LogP contribution in [0.15, 0.2) is 23.1 Å². The molecule has 0 radical (unpaired) electrons. The highest BCUT2D eigenvalue weighted by molar-refractivity contribution is 5.93. The zero-order chi connectivity index (χ0) is 13.7. The Morgan fingerprint density at radius 1 is 1.50 bits per heavy atom. The summed E-state index contributed by atoms with van der Waals surface area (Å²) in [5.41, 5.74) is 0.229. The number of nitrogens with zero attached hydrogens (tertiary/aromatic N) is 2. The van der Waals surface area contributed by atoms with Gasteiger partial charge in [-0.2, -0.15) is 0 Å². The molecule has 0 spiro atoms. The van der Waals surface area contributed by atoms with Gasteiger partial charge in [-0.1, -0.05) is 0 Å². The van der Waals surface area contributed by atoms with Gasteiger partial charge in [-0.25, -0.2) is 0 Å². The molecule has 0 unspecified atom stereocenters. The van der Waals surface area contributed by atoms with Gasteiger partial charge in [-0.05, 0) is 27.0 Å². The van der Waals surface area contributed by atoms with Gasteiger partial charge in [-0.3, -0.25) is 9.59 Å². The number of likely N-dealkylation sites (N-methyl/N-ethyl adjacent to an activating group) is 1. The van der Waals surface area contributed by atoms with Crippen molar-refractivity contribution in [1.82, 2.24) is 14.8 Å². The first-order chi connectivity index (χ1) is 8.41. The maximum atomic E-state index is 11.8. The molecule has 5 nitrogen and oxygen atoms in total. The molecular weight excluding hydrogens is 230 g/mol. The van der Waals surface area contributed by atoms with Crippen LogP contribution in [0.3, 0.4) is 0 Å². The van der Waals surface area contributed by atoms with Gasteiger partial charge in [0.1, 0.15) is 0 Å². The van der Waals surface area contributed by atoms with E-state index < -0.39 is 0 Å². The quantitative estimate of drug-likeness (QED) is 0.827. The number of carbonyl (C=O) groups excluding carboxylic acids is 1. The van der Waals surface area contributed by atoms with Crippen molar-refractivity contribution in [3.05, 3.63) is 34.2 Å². The van der Waals surface area contributed by atoms with E-state index in [-0.39, 0.29) is 11.5 Å². The minimum Gasteiger partial charge on any atom is -0.351 e. The van der Waals surface area contributed by atoms with Crippen LogP contribution < -0.4 is 10.9 Å². The number of aryl methyl sites for hydroxylation is 1. The highest BCUT2D eigenvalue weighted by atomic mass is 16.2. The third-order valence-electron chi connectivity index (χ3n) is 3.00. The number of pyridine rings is 1. The molecule has 1 rings (SSSR count). The molecule has 0 aromatic carbocycles. The molecular formula is C13H21N3O2. The summed E-state index contributed by atoms with van der Waals surface area (Å²) >= 11 is 0. The lowest BCUT2D eigenvalue weighted by molar-refractivity contribution is 0.0947. The minimum atomic E-state index is -0.204. The summed E-state index contributed by atoms with van der Waals surface area (Å²) in [6, 6.07) is 3.44. The van der Waals surface area contributed by atoms with Gasteiger partial charge in [0.2, 0.25) is 0 Å². The Labute approximate surface area is 107 Å². The second-order valence-corrected chi connectivity index (χ2v) is 4.69. The Kier molecular flexibility index (Phi) is 5.09. The summed E-state index contributed by atoms with van der Waals surface area (Å²) in [6.07, 6.45) is 1.59. The second-order valence-electron chi connectivity index (χ2n) is 4.69. The first-order valence-corrected chi connectivity index (χ1v) is 6.07. The Morgan fingerprint density at radius 3 is 2.72 bits per heavy atom. The van der Waals surface area contributed by atoms with E-state index in [2.05, 4.69) is 24.1 Å². The molecule has 1 aromatic rings. The van der Waals surface area contributed by atoms with Crippen molar-refractivity contribution in [2.75, 3.05) is 20.1 Å². The lowest BCUT2D eigenvalue weighted by Gasteiger charge is -2.20. The Morgan fingerprint density at radius 2 is 2.17 bits per heavy atom. The zero-order valence-corrected chi connectivity index (χ0v) is 11.4. The van der Waals surface area contributed by atoms with E-state index in [4.69, 9.17) is 0 Å². The van der Waals surface area contributed by atoms with Crippen LogP contribution >= 0.6 is 0 Å². The summed E-state index contributed by atoms with van der Waals surface area (Å²) < 4.78 is 1.43. The van der Waals surface area contributed by atoms with Crippen molar-refractivity contribution in [2.24, 2.45) is 7.05 Å². The van der Waals surface area contributed by atoms with Gasteiger partial charge >= 0.3 is 0 Å². The van der Waals surface area contributed by atoms with Crippen LogP contribution in [0.2, 0.25) is 0 Å². The van der Waals surface area contributed by atoms with E-state index in [9.17, 15) is 9.59 Å². The molecule has 0 bridgehead atoms. The lowest BCUT2D eigenvalue weighted by Crippen LogP contribution is -2.36. The highest BCUT2D eigenvalue weighted by Crippen LogP contribution is 1.95. The Balaban J connectivity index is 2.51. The van der Waals surface area contributed by atoms with E-state index in [1.807, 2.05) is 7.05 Å². The molecule has 0 aliphatic carbocycles. The number of rotatable bonds is 5. The molecule has 0 fully saturated rings. The van der Waals surface area contributed by atoms with Crippen LogP contribution in [0.1, 0.15) is 24.2 Å². The minimum absolute atomic E-state index is 0.179. The summed E-state index contributed by atoms with van der Waals surface area (Å²) in [5.74, 6) is -0.204. The van der Waals surface area contributed by atoms with Crippen molar-refractivity contribution < 1.29 is 4.79 Å². The molecule has 100 valence electrons. The third kappa shape index (κ3) is 4.00. The highest BCUT2D eigenvalue weighted by Gasteiger charge is 2.07. The lowest BCUT2D eigenvalue weighted by atomic mass is 10.2. The summed E-state index contributed by atoms with van der Waals surface area (Å²) in [6.45, 7) is 5.56. The molecule has 1 N–H and O–H groups in total. The van der Waals surface area contributed by atoms with Crippen molar-refractivity contribution in [3.63, 3.8) is 0 Å². The molecule has 0 aliphatic rings. The van der Waals surface area contributed by atoms with Crippen LogP contribution in [-0.4, -0.2) is 41.6 Å². The van der Waals surface area contributed by atoms with E-state index in [0.29, 0.717) is 18.2 Å². The Bertz CT molecular complexity index is 466. The van der Waals surface area contributed by atoms with Crippen molar-refractivity contribution in [2.45, 2.75) is 19.9 Å². The van der Waals surface area contributed by atoms with Crippen molar-refractivity contribution >= 4 is 5.91 Å². The number of aromatic nitrogens is 1. The van der Waals surface area contributed by atoms with Crippen molar-refractivity contribution in [3.8, 4) is 0 Å². The summed E-state index contributed by atoms with van der Waals surface area (Å²) in [4.78, 5) is 25.3. The fourth-order valence-electron chi connectivity index (χ4n) is 1.40. The van der Waals surface area contributed by atoms with Crippen LogP contribution in [0.25, 0.3) is 0 Å². The zero-order valence-electron chi connectivity index (χ0n) is 11.4. The van der Waals surface area contributed by atoms with Gasteiger partial charge in [-0.15, -0.1) is 0 Å². The van der Waals surface area contributed by atoms with Crippen molar-refractivity contribution in [1.29, 1.82) is 0 Å². The molecule has 0 saturated carbocycles. The Hall–Kier alpha value is -1.62. The summed E-state index contributed by atoms with van der Waals surface area (Å²) in [5, 5.41) is 2.80. The molecule has 0 atom stereocenters. The largest absolute Gasteiger partial charge is 0.351 e. The van der Waals surface area contributed by atoms with Crippen LogP contribution in [0.4, 0.5) is 0 Å². The second kappa shape index (κ2) is 6.35. The molecule has 0 saturated heterocycles. The van der Waals surface area contributed by atoms with E-state index in [1.165, 1.54) is 10.6 Å². The maximum Gasteiger partial charge on any atom is 0.251 e. The van der Waals surface area contributed by atoms with E-state index in [1.54, 1.807) is 19.3 Å². The van der Waals surface area contributed by atoms with Gasteiger partial charge in [0.15, 0.2) is 0 Å². The van der Waals surface area contributed by atoms with Crippen LogP contribution in [0.5, 0.6) is 0 Å². The normalized spacial score (nSPS) is 11.0. The first kappa shape index (κ1) is 14.4. The average Bonchev–Trinajstić information content (AvgIpc) is 2.32. The van der Waals surface area contributed by atoms with E-state index >= 15 is 0 Å². The monoisotopic (exact) mass is 251 g/mol. The van der Waals surface area contributed by atoms with Gasteiger partial charge in [0.25, 0.3) is 11.5 Å². The molecule has 1 amide bonds. The van der Waals surface area contributed by atoms with Gasteiger partial charge in [0.05, 0.1) is 0 Å². The maximum absolute atomic E-state index is 11.8. The number of amides is 1.